The second-order valence-corrected chi connectivity index (χ2v) is 5.67. The number of hydrogen-bond donors (Lipinski definition) is 1. The van der Waals surface area contributed by atoms with E-state index in [1.165, 1.54) is 13.2 Å². The van der Waals surface area contributed by atoms with Gasteiger partial charge in [0.15, 0.2) is 0 Å². The second kappa shape index (κ2) is 7.01. The molecule has 9 nitrogen and oxygen atoms in total. The van der Waals surface area contributed by atoms with Crippen LogP contribution < -0.4 is 5.32 Å². The Morgan fingerprint density at radius 2 is 2.18 bits per heavy atom. The number of aromatic nitrogens is 2. The van der Waals surface area contributed by atoms with E-state index in [9.17, 15) is 14.9 Å². The van der Waals surface area contributed by atoms with Crippen LogP contribution in [0.4, 0.5) is 10.6 Å². The highest BCUT2D eigenvalue weighted by atomic mass is 16.7. The lowest BCUT2D eigenvalue weighted by Gasteiger charge is -2.21. The molecule has 0 fully saturated rings. The number of amides is 1. The van der Waals surface area contributed by atoms with Crippen molar-refractivity contribution in [2.75, 3.05) is 7.05 Å². The first-order chi connectivity index (χ1) is 10.2. The largest absolute Gasteiger partial charge is 0.433 e. The molecule has 0 saturated carbocycles. The summed E-state index contributed by atoms with van der Waals surface area (Å²) < 4.78 is 1.65. The maximum Gasteiger partial charge on any atom is 0.433 e. The number of nitrogens with zero attached hydrogens (tertiary/aromatic N) is 4. The highest BCUT2D eigenvalue weighted by molar-refractivity contribution is 5.89. The van der Waals surface area contributed by atoms with Gasteiger partial charge < -0.3 is 20.0 Å². The van der Waals surface area contributed by atoms with Gasteiger partial charge in [-0.2, -0.15) is 0 Å². The number of aryl methyl sites for hydroxylation is 1. The van der Waals surface area contributed by atoms with Crippen LogP contribution in [0.1, 0.15) is 33.5 Å². The predicted molar refractivity (Wildman–Crippen MR) is 80.7 cm³/mol. The number of nitro groups is 1. The van der Waals surface area contributed by atoms with E-state index in [1.807, 2.05) is 27.7 Å². The highest BCUT2D eigenvalue weighted by Gasteiger charge is 2.25. The van der Waals surface area contributed by atoms with Gasteiger partial charge in [0.25, 0.3) is 0 Å². The lowest BCUT2D eigenvalue weighted by atomic mass is 9.90. The van der Waals surface area contributed by atoms with Crippen LogP contribution in [0.15, 0.2) is 11.4 Å². The summed E-state index contributed by atoms with van der Waals surface area (Å²) in [6.07, 6.45) is 1.23. The fraction of sp³-hybridized carbons (Fsp3) is 0.615. The van der Waals surface area contributed by atoms with Gasteiger partial charge in [0.05, 0.1) is 12.3 Å². The summed E-state index contributed by atoms with van der Waals surface area (Å²) in [4.78, 5) is 30.2. The van der Waals surface area contributed by atoms with Crippen LogP contribution in [0.2, 0.25) is 0 Å². The average Bonchev–Trinajstić information content (AvgIpc) is 2.84. The molecule has 1 N–H and O–H groups in total. The number of rotatable bonds is 5. The smallest absolute Gasteiger partial charge is 0.358 e. The summed E-state index contributed by atoms with van der Waals surface area (Å²) in [6.45, 7) is 7.85. The quantitative estimate of drug-likeness (QED) is 0.387. The molecule has 0 aliphatic rings. The molecular weight excluding hydrogens is 290 g/mol. The van der Waals surface area contributed by atoms with Gasteiger partial charge in [-0.25, -0.2) is 4.79 Å². The Balaban J connectivity index is 3.09. The Bertz CT molecular complexity index is 586. The van der Waals surface area contributed by atoms with Crippen LogP contribution in [0.3, 0.4) is 0 Å². The molecule has 0 spiro atoms. The van der Waals surface area contributed by atoms with Crippen molar-refractivity contribution in [1.82, 2.24) is 14.9 Å². The third kappa shape index (κ3) is 4.54. The maximum atomic E-state index is 11.2. The summed E-state index contributed by atoms with van der Waals surface area (Å²) in [5.74, 6) is 0.362. The molecular formula is C13H21N5O4. The minimum Gasteiger partial charge on any atom is -0.358 e. The topological polar surface area (TPSA) is 112 Å². The molecule has 0 aliphatic carbocycles. The van der Waals surface area contributed by atoms with Crippen LogP contribution >= 0.6 is 0 Å². The second-order valence-electron chi connectivity index (χ2n) is 5.67. The molecule has 0 bridgehead atoms. The van der Waals surface area contributed by atoms with Gasteiger partial charge >= 0.3 is 11.9 Å². The molecule has 9 heteroatoms. The van der Waals surface area contributed by atoms with Gasteiger partial charge in [-0.15, -0.1) is 0 Å². The zero-order valence-corrected chi connectivity index (χ0v) is 13.4. The van der Waals surface area contributed by atoms with Crippen molar-refractivity contribution in [2.24, 2.45) is 10.6 Å². The molecule has 0 radical (unpaired) electrons. The molecule has 1 aromatic rings. The lowest BCUT2D eigenvalue weighted by Crippen LogP contribution is -2.27. The number of hydrogen-bond acceptors (Lipinski definition) is 6. The molecule has 1 amide bonds. The minimum absolute atomic E-state index is 0.211. The summed E-state index contributed by atoms with van der Waals surface area (Å²) in [7, 11) is 1.43. The first kappa shape index (κ1) is 17.6. The normalized spacial score (nSPS) is 12.1. The zero-order valence-electron chi connectivity index (χ0n) is 13.4. The Hall–Kier alpha value is -2.45. The Morgan fingerprint density at radius 1 is 1.55 bits per heavy atom. The number of oxime groups is 1. The van der Waals surface area contributed by atoms with E-state index in [1.54, 1.807) is 4.57 Å². The van der Waals surface area contributed by atoms with Crippen molar-refractivity contribution >= 4 is 17.6 Å². The van der Waals surface area contributed by atoms with Gasteiger partial charge in [0, 0.05) is 18.9 Å². The third-order valence-electron chi connectivity index (χ3n) is 2.98. The Kier molecular flexibility index (Phi) is 5.61. The van der Waals surface area contributed by atoms with Crippen molar-refractivity contribution in [3.8, 4) is 0 Å². The fourth-order valence-corrected chi connectivity index (χ4v) is 1.65. The summed E-state index contributed by atoms with van der Waals surface area (Å²) in [5, 5.41) is 17.0. The van der Waals surface area contributed by atoms with Crippen LogP contribution in [0.5, 0.6) is 0 Å². The van der Waals surface area contributed by atoms with Gasteiger partial charge in [-0.1, -0.05) is 32.9 Å². The molecule has 22 heavy (non-hydrogen) atoms. The van der Waals surface area contributed by atoms with Crippen molar-refractivity contribution in [3.05, 3.63) is 22.1 Å². The van der Waals surface area contributed by atoms with Gasteiger partial charge in [0.1, 0.15) is 6.20 Å². The van der Waals surface area contributed by atoms with Crippen molar-refractivity contribution in [3.63, 3.8) is 0 Å². The standard InChI is InChI=1S/C13H21N5O4/c1-6-10-15-11(18(20)21)8-17(10)7-9(13(2,3)4)16-22-12(19)14-5/h8H,6-7H2,1-5H3,(H,14,19). The summed E-state index contributed by atoms with van der Waals surface area (Å²) >= 11 is 0. The van der Waals surface area contributed by atoms with E-state index >= 15 is 0 Å². The van der Waals surface area contributed by atoms with E-state index in [4.69, 9.17) is 4.84 Å². The van der Waals surface area contributed by atoms with E-state index in [2.05, 4.69) is 15.5 Å². The molecule has 1 heterocycles. The molecule has 0 unspecified atom stereocenters. The molecule has 1 aromatic heterocycles. The SMILES string of the molecule is CCc1nc([N+](=O)[O-])cn1CC(=NOC(=O)NC)C(C)(C)C. The number of carbonyl (C=O) groups is 1. The molecule has 1 rings (SSSR count). The van der Waals surface area contributed by atoms with Crippen molar-refractivity contribution < 1.29 is 14.6 Å². The van der Waals surface area contributed by atoms with Crippen LogP contribution in [0, 0.1) is 15.5 Å². The third-order valence-corrected chi connectivity index (χ3v) is 2.98. The minimum atomic E-state index is -0.672. The van der Waals surface area contributed by atoms with Crippen LogP contribution in [-0.2, 0) is 17.8 Å². The Labute approximate surface area is 128 Å². The monoisotopic (exact) mass is 311 g/mol. The number of carbonyl (C=O) groups excluding carboxylic acids is 1. The molecule has 0 saturated heterocycles. The fourth-order valence-electron chi connectivity index (χ4n) is 1.65. The zero-order chi connectivity index (χ0) is 16.9. The van der Waals surface area contributed by atoms with Gasteiger partial charge in [-0.3, -0.25) is 4.84 Å². The summed E-state index contributed by atoms with van der Waals surface area (Å²) in [6, 6.07) is 0. The van der Waals surface area contributed by atoms with Crippen molar-refractivity contribution in [2.45, 2.75) is 40.7 Å². The van der Waals surface area contributed by atoms with E-state index < -0.39 is 11.0 Å². The van der Waals surface area contributed by atoms with E-state index in [0.717, 1.165) is 0 Å². The molecule has 0 aliphatic heterocycles. The first-order valence-corrected chi connectivity index (χ1v) is 6.85. The number of nitrogens with one attached hydrogen (secondary N) is 1. The van der Waals surface area contributed by atoms with E-state index in [0.29, 0.717) is 18.0 Å². The van der Waals surface area contributed by atoms with Gasteiger partial charge in [-0.05, 0) is 9.91 Å². The van der Waals surface area contributed by atoms with Crippen LogP contribution in [0.25, 0.3) is 0 Å². The predicted octanol–water partition coefficient (Wildman–Crippen LogP) is 2.11. The molecule has 122 valence electrons. The number of imidazole rings is 1. The van der Waals surface area contributed by atoms with Crippen molar-refractivity contribution in [1.29, 1.82) is 0 Å². The molecule has 0 atom stereocenters. The first-order valence-electron chi connectivity index (χ1n) is 6.85. The molecule has 0 aromatic carbocycles. The average molecular weight is 311 g/mol. The maximum absolute atomic E-state index is 11.2. The van der Waals surface area contributed by atoms with Crippen LogP contribution in [-0.4, -0.2) is 33.3 Å². The summed E-state index contributed by atoms with van der Waals surface area (Å²) in [5.41, 5.74) is 0.191. The highest BCUT2D eigenvalue weighted by Crippen LogP contribution is 2.20. The Morgan fingerprint density at radius 3 is 2.64 bits per heavy atom. The lowest BCUT2D eigenvalue weighted by molar-refractivity contribution is -0.389. The van der Waals surface area contributed by atoms with Gasteiger partial charge in [0.2, 0.25) is 5.82 Å². The van der Waals surface area contributed by atoms with E-state index in [-0.39, 0.29) is 17.8 Å².